The molecular weight excluding hydrogens is 318 g/mol. The Morgan fingerprint density at radius 1 is 1.28 bits per heavy atom. The van der Waals surface area contributed by atoms with E-state index in [-0.39, 0.29) is 12.0 Å². The van der Waals surface area contributed by atoms with Crippen molar-refractivity contribution < 1.29 is 9.53 Å². The molecule has 7 nitrogen and oxygen atoms in total. The van der Waals surface area contributed by atoms with Crippen LogP contribution in [0.5, 0.6) is 5.75 Å². The van der Waals surface area contributed by atoms with E-state index in [1.54, 1.807) is 29.6 Å². The molecule has 0 saturated heterocycles. The second kappa shape index (κ2) is 6.01. The number of hydrogen-bond acceptors (Lipinski definition) is 5. The van der Waals surface area contributed by atoms with E-state index in [1.165, 1.54) is 11.0 Å². The van der Waals surface area contributed by atoms with Crippen molar-refractivity contribution in [1.82, 2.24) is 19.7 Å². The average Bonchev–Trinajstić information content (AvgIpc) is 3.15. The van der Waals surface area contributed by atoms with Crippen LogP contribution in [0.4, 0.5) is 5.69 Å². The van der Waals surface area contributed by atoms with Gasteiger partial charge in [0.2, 0.25) is 0 Å². The van der Waals surface area contributed by atoms with Gasteiger partial charge in [0.25, 0.3) is 5.91 Å². The number of anilines is 1. The van der Waals surface area contributed by atoms with Gasteiger partial charge < -0.3 is 9.64 Å². The van der Waals surface area contributed by atoms with Crippen LogP contribution in [0.25, 0.3) is 5.82 Å². The zero-order valence-corrected chi connectivity index (χ0v) is 14.0. The number of fused-ring (bicyclic) bond motifs is 1. The maximum absolute atomic E-state index is 13.1. The Balaban J connectivity index is 1.71. The number of hydrogen-bond donors (Lipinski definition) is 0. The molecule has 0 radical (unpaired) electrons. The smallest absolute Gasteiger partial charge is 0.258 e. The summed E-state index contributed by atoms with van der Waals surface area (Å²) in [6.07, 6.45) is 4.50. The third-order valence-corrected chi connectivity index (χ3v) is 4.07. The van der Waals surface area contributed by atoms with Gasteiger partial charge in [-0.2, -0.15) is 5.10 Å². The van der Waals surface area contributed by atoms with Crippen molar-refractivity contribution in [1.29, 1.82) is 0 Å². The number of aromatic nitrogens is 4. The third kappa shape index (κ3) is 2.84. The van der Waals surface area contributed by atoms with Gasteiger partial charge in [-0.1, -0.05) is 6.07 Å². The molecule has 1 aliphatic heterocycles. The summed E-state index contributed by atoms with van der Waals surface area (Å²) in [4.78, 5) is 23.0. The van der Waals surface area contributed by atoms with Gasteiger partial charge in [0.15, 0.2) is 5.82 Å². The first-order chi connectivity index (χ1) is 12.1. The lowest BCUT2D eigenvalue weighted by Crippen LogP contribution is -2.42. The summed E-state index contributed by atoms with van der Waals surface area (Å²) in [6.45, 7) is 4.46. The van der Waals surface area contributed by atoms with Crippen molar-refractivity contribution in [2.75, 3.05) is 11.4 Å². The fourth-order valence-electron chi connectivity index (χ4n) is 2.90. The summed E-state index contributed by atoms with van der Waals surface area (Å²) in [5.41, 5.74) is 2.42. The molecule has 0 bridgehead atoms. The van der Waals surface area contributed by atoms with Crippen LogP contribution >= 0.6 is 0 Å². The number of ether oxygens (including phenoxy) is 1. The Hall–Kier alpha value is -3.22. The molecule has 1 aromatic carbocycles. The summed E-state index contributed by atoms with van der Waals surface area (Å²) in [5.74, 6) is 1.19. The van der Waals surface area contributed by atoms with E-state index < -0.39 is 0 Å². The van der Waals surface area contributed by atoms with Crippen LogP contribution in [0.1, 0.15) is 22.8 Å². The number of amides is 1. The number of carbonyl (C=O) groups is 1. The van der Waals surface area contributed by atoms with Gasteiger partial charge in [-0.15, -0.1) is 0 Å². The van der Waals surface area contributed by atoms with E-state index in [0.29, 0.717) is 17.9 Å². The van der Waals surface area contributed by atoms with Gasteiger partial charge in [0, 0.05) is 11.8 Å². The minimum absolute atomic E-state index is 0.0742. The molecule has 7 heteroatoms. The summed E-state index contributed by atoms with van der Waals surface area (Å²) in [5, 5.41) is 4.06. The van der Waals surface area contributed by atoms with Crippen LogP contribution in [0.15, 0.2) is 49.2 Å². The predicted octanol–water partition coefficient (Wildman–Crippen LogP) is 2.40. The average molecular weight is 335 g/mol. The highest BCUT2D eigenvalue weighted by molar-refractivity contribution is 6.07. The minimum Gasteiger partial charge on any atom is -0.487 e. The van der Waals surface area contributed by atoms with Crippen molar-refractivity contribution in [2.24, 2.45) is 0 Å². The fraction of sp³-hybridized carbons (Fsp3) is 0.222. The second-order valence-electron chi connectivity index (χ2n) is 6.06. The SMILES string of the molecule is Cc1ccc2c(c1)O[C@H](C)CN2C(=O)c1ccnc(-n2cncn2)c1. The first-order valence-electron chi connectivity index (χ1n) is 8.02. The Kier molecular flexibility index (Phi) is 3.68. The lowest BCUT2D eigenvalue weighted by Gasteiger charge is -2.33. The lowest BCUT2D eigenvalue weighted by atomic mass is 10.1. The molecule has 3 aromatic rings. The Bertz CT molecular complexity index is 923. The standard InChI is InChI=1S/C18H17N5O2/c1-12-3-4-15-16(7-12)25-13(2)9-22(15)18(24)14-5-6-20-17(8-14)23-11-19-10-21-23/h3-8,10-11,13H,9H2,1-2H3/t13-/m1/s1. The molecule has 0 fully saturated rings. The van der Waals surface area contributed by atoms with Crippen LogP contribution in [0.3, 0.4) is 0 Å². The number of pyridine rings is 1. The van der Waals surface area contributed by atoms with E-state index in [0.717, 1.165) is 17.0 Å². The number of aryl methyl sites for hydroxylation is 1. The van der Waals surface area contributed by atoms with Gasteiger partial charge >= 0.3 is 0 Å². The molecule has 3 heterocycles. The number of rotatable bonds is 2. The summed E-state index contributed by atoms with van der Waals surface area (Å²) >= 11 is 0. The molecule has 0 aliphatic carbocycles. The van der Waals surface area contributed by atoms with Crippen molar-refractivity contribution in [3.05, 3.63) is 60.3 Å². The van der Waals surface area contributed by atoms with E-state index in [2.05, 4.69) is 15.1 Å². The molecule has 0 unspecified atom stereocenters. The maximum atomic E-state index is 13.1. The zero-order chi connectivity index (χ0) is 17.4. The fourth-order valence-corrected chi connectivity index (χ4v) is 2.90. The molecule has 1 atom stereocenters. The van der Waals surface area contributed by atoms with Gasteiger partial charge in [-0.3, -0.25) is 4.79 Å². The predicted molar refractivity (Wildman–Crippen MR) is 92.1 cm³/mol. The van der Waals surface area contributed by atoms with Crippen molar-refractivity contribution in [3.63, 3.8) is 0 Å². The van der Waals surface area contributed by atoms with E-state index in [1.807, 2.05) is 32.0 Å². The molecule has 25 heavy (non-hydrogen) atoms. The van der Waals surface area contributed by atoms with Gasteiger partial charge in [0.1, 0.15) is 24.5 Å². The molecule has 126 valence electrons. The van der Waals surface area contributed by atoms with E-state index in [9.17, 15) is 4.79 Å². The molecular formula is C18H17N5O2. The Morgan fingerprint density at radius 3 is 2.96 bits per heavy atom. The van der Waals surface area contributed by atoms with Crippen molar-refractivity contribution >= 4 is 11.6 Å². The molecule has 1 amide bonds. The maximum Gasteiger partial charge on any atom is 0.258 e. The van der Waals surface area contributed by atoms with Gasteiger partial charge in [0.05, 0.1) is 12.2 Å². The normalized spacial score (nSPS) is 16.2. The first-order valence-corrected chi connectivity index (χ1v) is 8.02. The van der Waals surface area contributed by atoms with Gasteiger partial charge in [-0.05, 0) is 43.7 Å². The van der Waals surface area contributed by atoms with Crippen LogP contribution < -0.4 is 9.64 Å². The summed E-state index contributed by atoms with van der Waals surface area (Å²) < 4.78 is 7.41. The number of benzene rings is 1. The molecule has 0 spiro atoms. The largest absolute Gasteiger partial charge is 0.487 e. The third-order valence-electron chi connectivity index (χ3n) is 4.07. The first kappa shape index (κ1) is 15.3. The second-order valence-corrected chi connectivity index (χ2v) is 6.06. The summed E-state index contributed by atoms with van der Waals surface area (Å²) in [6, 6.07) is 9.28. The number of nitrogens with zero attached hydrogens (tertiary/aromatic N) is 5. The minimum atomic E-state index is -0.0935. The zero-order valence-electron chi connectivity index (χ0n) is 14.0. The number of carbonyl (C=O) groups excluding carboxylic acids is 1. The highest BCUT2D eigenvalue weighted by Crippen LogP contribution is 2.35. The van der Waals surface area contributed by atoms with Crippen molar-refractivity contribution in [2.45, 2.75) is 20.0 Å². The quantitative estimate of drug-likeness (QED) is 0.719. The van der Waals surface area contributed by atoms with Crippen LogP contribution in [-0.2, 0) is 0 Å². The molecule has 0 N–H and O–H groups in total. The topological polar surface area (TPSA) is 73.1 Å². The molecule has 1 aliphatic rings. The van der Waals surface area contributed by atoms with E-state index >= 15 is 0 Å². The van der Waals surface area contributed by atoms with Crippen LogP contribution in [-0.4, -0.2) is 38.3 Å². The van der Waals surface area contributed by atoms with Gasteiger partial charge in [-0.25, -0.2) is 14.6 Å². The molecule has 0 saturated carbocycles. The van der Waals surface area contributed by atoms with E-state index in [4.69, 9.17) is 4.74 Å². The highest BCUT2D eigenvalue weighted by Gasteiger charge is 2.28. The van der Waals surface area contributed by atoms with Crippen molar-refractivity contribution in [3.8, 4) is 11.6 Å². The molecule has 4 rings (SSSR count). The van der Waals surface area contributed by atoms with Crippen LogP contribution in [0.2, 0.25) is 0 Å². The highest BCUT2D eigenvalue weighted by atomic mass is 16.5. The monoisotopic (exact) mass is 335 g/mol. The lowest BCUT2D eigenvalue weighted by molar-refractivity contribution is 0.0961. The van der Waals surface area contributed by atoms with Crippen LogP contribution in [0, 0.1) is 6.92 Å². The summed E-state index contributed by atoms with van der Waals surface area (Å²) in [7, 11) is 0. The Labute approximate surface area is 144 Å². The molecule has 2 aromatic heterocycles. The Morgan fingerprint density at radius 2 is 2.16 bits per heavy atom.